The van der Waals surface area contributed by atoms with Crippen LogP contribution in [-0.2, 0) is 14.3 Å². The minimum absolute atomic E-state index is 0.0788. The summed E-state index contributed by atoms with van der Waals surface area (Å²) in [6.07, 6.45) is 5.04. The van der Waals surface area contributed by atoms with Crippen molar-refractivity contribution in [2.45, 2.75) is 43.7 Å². The zero-order valence-electron chi connectivity index (χ0n) is 18.6. The molecule has 0 fully saturated rings. The van der Waals surface area contributed by atoms with Gasteiger partial charge in [-0.2, -0.15) is 0 Å². The number of likely N-dealkylation sites (N-methyl/N-ethyl adjacent to an activating group) is 1. The smallest absolute Gasteiger partial charge is 0.407 e. The molecule has 7 heteroatoms. The first kappa shape index (κ1) is 22.6. The van der Waals surface area contributed by atoms with Gasteiger partial charge in [0.2, 0.25) is 5.91 Å². The van der Waals surface area contributed by atoms with Crippen molar-refractivity contribution < 1.29 is 24.2 Å². The average Bonchev–Trinajstić information content (AvgIpc) is 3.14. The zero-order chi connectivity index (χ0) is 23.4. The van der Waals surface area contributed by atoms with E-state index >= 15 is 0 Å². The third-order valence-electron chi connectivity index (χ3n) is 6.43. The number of carboxylic acids is 1. The second-order valence-electron chi connectivity index (χ2n) is 8.45. The Balaban J connectivity index is 1.45. The lowest BCUT2D eigenvalue weighted by Crippen LogP contribution is -2.52. The van der Waals surface area contributed by atoms with E-state index in [1.807, 2.05) is 48.6 Å². The van der Waals surface area contributed by atoms with Gasteiger partial charge in [-0.1, -0.05) is 60.7 Å². The number of fused-ring (bicyclic) bond motifs is 3. The maximum absolute atomic E-state index is 13.0. The maximum atomic E-state index is 13.0. The summed E-state index contributed by atoms with van der Waals surface area (Å²) in [6.45, 7) is 0.147. The van der Waals surface area contributed by atoms with Gasteiger partial charge in [0.15, 0.2) is 0 Å². The van der Waals surface area contributed by atoms with Crippen LogP contribution in [0.25, 0.3) is 11.1 Å². The Morgan fingerprint density at radius 3 is 2.18 bits per heavy atom. The van der Waals surface area contributed by atoms with Crippen LogP contribution in [0.4, 0.5) is 4.79 Å². The van der Waals surface area contributed by atoms with Crippen LogP contribution in [0, 0.1) is 0 Å². The van der Waals surface area contributed by atoms with Gasteiger partial charge in [0.05, 0.1) is 0 Å². The highest BCUT2D eigenvalue weighted by Gasteiger charge is 2.33. The molecule has 0 saturated heterocycles. The van der Waals surface area contributed by atoms with Crippen molar-refractivity contribution in [3.8, 4) is 11.1 Å². The molecule has 2 aliphatic rings. The summed E-state index contributed by atoms with van der Waals surface area (Å²) in [4.78, 5) is 38.5. The zero-order valence-corrected chi connectivity index (χ0v) is 18.6. The molecule has 2 amide bonds. The fourth-order valence-electron chi connectivity index (χ4n) is 4.67. The van der Waals surface area contributed by atoms with Gasteiger partial charge in [0.25, 0.3) is 0 Å². The Morgan fingerprint density at radius 2 is 1.58 bits per heavy atom. The van der Waals surface area contributed by atoms with E-state index in [2.05, 4.69) is 17.4 Å². The Morgan fingerprint density at radius 1 is 1.00 bits per heavy atom. The summed E-state index contributed by atoms with van der Waals surface area (Å²) >= 11 is 0. The van der Waals surface area contributed by atoms with Gasteiger partial charge < -0.3 is 20.1 Å². The molecule has 0 saturated carbocycles. The molecule has 172 valence electrons. The van der Waals surface area contributed by atoms with Crippen LogP contribution < -0.4 is 5.32 Å². The molecular formula is C26H28N2O5. The lowest BCUT2D eigenvalue weighted by molar-refractivity contribution is -0.150. The summed E-state index contributed by atoms with van der Waals surface area (Å²) in [5.41, 5.74) is 4.49. The number of ether oxygens (including phenoxy) is 1. The summed E-state index contributed by atoms with van der Waals surface area (Å²) in [6, 6.07) is 14.3. The Labute approximate surface area is 193 Å². The van der Waals surface area contributed by atoms with Crippen LogP contribution in [0.15, 0.2) is 60.7 Å². The summed E-state index contributed by atoms with van der Waals surface area (Å²) in [7, 11) is 1.47. The molecule has 2 aromatic rings. The number of rotatable bonds is 4. The molecule has 7 nitrogen and oxygen atoms in total. The number of carbonyl (C=O) groups excluding carboxylic acids is 2. The number of aliphatic carboxylic acids is 1. The second-order valence-corrected chi connectivity index (χ2v) is 8.45. The average molecular weight is 449 g/mol. The molecule has 1 heterocycles. The minimum Gasteiger partial charge on any atom is -0.480 e. The highest BCUT2D eigenvalue weighted by molar-refractivity contribution is 5.89. The first-order chi connectivity index (χ1) is 16.0. The molecule has 2 aromatic carbocycles. The van der Waals surface area contributed by atoms with E-state index in [4.69, 9.17) is 4.74 Å². The molecule has 0 unspecified atom stereocenters. The second kappa shape index (κ2) is 9.90. The summed E-state index contributed by atoms with van der Waals surface area (Å²) < 4.78 is 5.57. The van der Waals surface area contributed by atoms with Crippen molar-refractivity contribution in [3.63, 3.8) is 0 Å². The normalized spacial score (nSPS) is 21.6. The van der Waals surface area contributed by atoms with Crippen LogP contribution in [0.1, 0.15) is 42.7 Å². The highest BCUT2D eigenvalue weighted by atomic mass is 16.5. The van der Waals surface area contributed by atoms with Crippen LogP contribution in [0.2, 0.25) is 0 Å². The molecule has 2 atom stereocenters. The number of carbonyl (C=O) groups is 3. The Bertz CT molecular complexity index is 1030. The van der Waals surface area contributed by atoms with E-state index in [0.29, 0.717) is 25.7 Å². The molecular weight excluding hydrogens is 420 g/mol. The number of hydrogen-bond donors (Lipinski definition) is 2. The maximum Gasteiger partial charge on any atom is 0.407 e. The van der Waals surface area contributed by atoms with Crippen molar-refractivity contribution in [2.24, 2.45) is 0 Å². The van der Waals surface area contributed by atoms with E-state index in [0.717, 1.165) is 22.3 Å². The Kier molecular flexibility index (Phi) is 6.77. The number of nitrogens with zero attached hydrogens (tertiary/aromatic N) is 1. The standard InChI is InChI=1S/C26H28N2O5/c1-28-23(25(30)31)15-5-3-2-4-14-22(24(28)29)27-26(32)33-16-21-19-12-8-6-10-17(19)18-11-7-9-13-20(18)21/h2-3,6-13,21-23H,4-5,14-16H2,1H3,(H,27,32)(H,30,31)/b3-2-/t22-,23-/m0/s1. The van der Waals surface area contributed by atoms with Crippen LogP contribution in [0.5, 0.6) is 0 Å². The number of hydrogen-bond acceptors (Lipinski definition) is 4. The molecule has 4 rings (SSSR count). The molecule has 33 heavy (non-hydrogen) atoms. The van der Waals surface area contributed by atoms with Crippen LogP contribution in [-0.4, -0.2) is 53.7 Å². The van der Waals surface area contributed by atoms with Gasteiger partial charge >= 0.3 is 12.1 Å². The number of carboxylic acid groups (broad SMARTS) is 1. The van der Waals surface area contributed by atoms with Gasteiger partial charge in [-0.25, -0.2) is 9.59 Å². The topological polar surface area (TPSA) is 95.9 Å². The molecule has 2 N–H and O–H groups in total. The Hall–Kier alpha value is -3.61. The SMILES string of the molecule is CN1C(=O)[C@@H](NC(=O)OCC2c3ccccc3-c3ccccc32)CC/C=C\CC[C@H]1C(=O)O. The number of alkyl carbamates (subject to hydrolysis) is 1. The van der Waals surface area contributed by atoms with E-state index in [9.17, 15) is 19.5 Å². The quantitative estimate of drug-likeness (QED) is 0.691. The van der Waals surface area contributed by atoms with Crippen molar-refractivity contribution in [2.75, 3.05) is 13.7 Å². The monoisotopic (exact) mass is 448 g/mol. The number of nitrogens with one attached hydrogen (secondary N) is 1. The van der Waals surface area contributed by atoms with Gasteiger partial charge in [-0.05, 0) is 47.9 Å². The van der Waals surface area contributed by atoms with Gasteiger partial charge in [0, 0.05) is 13.0 Å². The van der Waals surface area contributed by atoms with Crippen LogP contribution >= 0.6 is 0 Å². The van der Waals surface area contributed by atoms with Crippen LogP contribution in [0.3, 0.4) is 0 Å². The van der Waals surface area contributed by atoms with Crippen molar-refractivity contribution in [3.05, 3.63) is 71.8 Å². The fourth-order valence-corrected chi connectivity index (χ4v) is 4.67. The molecule has 1 aliphatic carbocycles. The molecule has 0 radical (unpaired) electrons. The summed E-state index contributed by atoms with van der Waals surface area (Å²) in [5.74, 6) is -1.56. The predicted octanol–water partition coefficient (Wildman–Crippen LogP) is 3.94. The summed E-state index contributed by atoms with van der Waals surface area (Å²) in [5, 5.41) is 12.2. The third kappa shape index (κ3) is 4.77. The molecule has 0 spiro atoms. The van der Waals surface area contributed by atoms with Crippen molar-refractivity contribution in [1.29, 1.82) is 0 Å². The van der Waals surface area contributed by atoms with E-state index in [1.54, 1.807) is 0 Å². The fraction of sp³-hybridized carbons (Fsp3) is 0.346. The van der Waals surface area contributed by atoms with Gasteiger partial charge in [0.1, 0.15) is 18.7 Å². The lowest BCUT2D eigenvalue weighted by Gasteiger charge is -2.29. The van der Waals surface area contributed by atoms with E-state index < -0.39 is 30.1 Å². The predicted molar refractivity (Wildman–Crippen MR) is 124 cm³/mol. The van der Waals surface area contributed by atoms with Gasteiger partial charge in [-0.15, -0.1) is 0 Å². The largest absolute Gasteiger partial charge is 0.480 e. The minimum atomic E-state index is -1.06. The molecule has 0 aromatic heterocycles. The van der Waals surface area contributed by atoms with Crippen molar-refractivity contribution >= 4 is 18.0 Å². The van der Waals surface area contributed by atoms with E-state index in [1.165, 1.54) is 11.9 Å². The third-order valence-corrected chi connectivity index (χ3v) is 6.43. The number of benzene rings is 2. The first-order valence-electron chi connectivity index (χ1n) is 11.2. The van der Waals surface area contributed by atoms with Crippen molar-refractivity contribution in [1.82, 2.24) is 10.2 Å². The molecule has 1 aliphatic heterocycles. The number of amides is 2. The highest BCUT2D eigenvalue weighted by Crippen LogP contribution is 2.44. The number of allylic oxidation sites excluding steroid dienone is 2. The van der Waals surface area contributed by atoms with E-state index in [-0.39, 0.29) is 12.5 Å². The molecule has 0 bridgehead atoms. The first-order valence-corrected chi connectivity index (χ1v) is 11.2. The lowest BCUT2D eigenvalue weighted by atomic mass is 9.98. The van der Waals surface area contributed by atoms with Gasteiger partial charge in [-0.3, -0.25) is 4.79 Å².